The third-order valence-corrected chi connectivity index (χ3v) is 4.91. The standard InChI is InChI=1S/C24H28N2O4/c1-17(9-10-18-7-5-4-6-8-18)26-23(27)13-14-24-25-16-22(30-24)20-12-11-19(28-2)15-21(20)29-3/h4-8,11-12,15-17H,9-10,13-14H2,1-3H3,(H,26,27)/t17-/m0/s1. The molecular weight excluding hydrogens is 380 g/mol. The van der Waals surface area contributed by atoms with Crippen molar-refractivity contribution in [3.8, 4) is 22.8 Å². The number of benzene rings is 2. The van der Waals surface area contributed by atoms with Gasteiger partial charge in [-0.15, -0.1) is 0 Å². The molecule has 3 aromatic rings. The van der Waals surface area contributed by atoms with Crippen LogP contribution in [0.25, 0.3) is 11.3 Å². The van der Waals surface area contributed by atoms with E-state index >= 15 is 0 Å². The number of aryl methyl sites for hydroxylation is 2. The maximum atomic E-state index is 12.3. The van der Waals surface area contributed by atoms with Gasteiger partial charge in [-0.2, -0.15) is 0 Å². The van der Waals surface area contributed by atoms with Crippen LogP contribution < -0.4 is 14.8 Å². The van der Waals surface area contributed by atoms with Gasteiger partial charge in [0, 0.05) is 24.9 Å². The number of ether oxygens (including phenoxy) is 2. The lowest BCUT2D eigenvalue weighted by atomic mass is 10.1. The fourth-order valence-corrected chi connectivity index (χ4v) is 3.22. The van der Waals surface area contributed by atoms with Crippen LogP contribution in [0.3, 0.4) is 0 Å². The second-order valence-corrected chi connectivity index (χ2v) is 7.18. The minimum atomic E-state index is -0.00246. The highest BCUT2D eigenvalue weighted by Gasteiger charge is 2.14. The van der Waals surface area contributed by atoms with Crippen LogP contribution in [0.5, 0.6) is 11.5 Å². The largest absolute Gasteiger partial charge is 0.497 e. The minimum Gasteiger partial charge on any atom is -0.497 e. The molecule has 0 saturated heterocycles. The smallest absolute Gasteiger partial charge is 0.220 e. The average molecular weight is 408 g/mol. The van der Waals surface area contributed by atoms with Crippen molar-refractivity contribution in [1.29, 1.82) is 0 Å². The van der Waals surface area contributed by atoms with Crippen LogP contribution >= 0.6 is 0 Å². The molecule has 1 atom stereocenters. The van der Waals surface area contributed by atoms with E-state index in [-0.39, 0.29) is 11.9 Å². The lowest BCUT2D eigenvalue weighted by Crippen LogP contribution is -2.33. The molecule has 158 valence electrons. The van der Waals surface area contributed by atoms with Gasteiger partial charge in [0.2, 0.25) is 5.91 Å². The first-order valence-electron chi connectivity index (χ1n) is 10.1. The van der Waals surface area contributed by atoms with E-state index < -0.39 is 0 Å². The van der Waals surface area contributed by atoms with Gasteiger partial charge in [-0.3, -0.25) is 4.79 Å². The Morgan fingerprint density at radius 3 is 2.63 bits per heavy atom. The van der Waals surface area contributed by atoms with Gasteiger partial charge in [0.05, 0.1) is 26.0 Å². The number of aromatic nitrogens is 1. The summed E-state index contributed by atoms with van der Waals surface area (Å²) in [5.41, 5.74) is 2.07. The summed E-state index contributed by atoms with van der Waals surface area (Å²) >= 11 is 0. The molecular formula is C24H28N2O4. The summed E-state index contributed by atoms with van der Waals surface area (Å²) in [6.45, 7) is 2.03. The Balaban J connectivity index is 1.49. The van der Waals surface area contributed by atoms with Gasteiger partial charge in [-0.05, 0) is 37.5 Å². The van der Waals surface area contributed by atoms with Gasteiger partial charge in [0.1, 0.15) is 11.5 Å². The molecule has 1 heterocycles. The number of nitrogens with one attached hydrogen (secondary N) is 1. The zero-order chi connectivity index (χ0) is 21.3. The van der Waals surface area contributed by atoms with E-state index in [0.29, 0.717) is 36.0 Å². The van der Waals surface area contributed by atoms with Crippen molar-refractivity contribution in [2.24, 2.45) is 0 Å². The lowest BCUT2D eigenvalue weighted by Gasteiger charge is -2.13. The molecule has 0 aliphatic carbocycles. The van der Waals surface area contributed by atoms with Crippen molar-refractivity contribution in [2.75, 3.05) is 14.2 Å². The van der Waals surface area contributed by atoms with E-state index in [0.717, 1.165) is 18.4 Å². The number of carbonyl (C=O) groups excluding carboxylic acids is 1. The number of rotatable bonds is 10. The van der Waals surface area contributed by atoms with E-state index in [4.69, 9.17) is 13.9 Å². The first kappa shape index (κ1) is 21.4. The number of oxazole rings is 1. The summed E-state index contributed by atoms with van der Waals surface area (Å²) in [7, 11) is 3.20. The molecule has 6 nitrogen and oxygen atoms in total. The topological polar surface area (TPSA) is 73.6 Å². The van der Waals surface area contributed by atoms with Crippen LogP contribution in [0.15, 0.2) is 59.1 Å². The fraction of sp³-hybridized carbons (Fsp3) is 0.333. The molecule has 0 aliphatic heterocycles. The number of methoxy groups -OCH3 is 2. The third-order valence-electron chi connectivity index (χ3n) is 4.91. The second-order valence-electron chi connectivity index (χ2n) is 7.18. The first-order valence-corrected chi connectivity index (χ1v) is 10.1. The number of nitrogens with zero attached hydrogens (tertiary/aromatic N) is 1. The molecule has 1 amide bonds. The maximum absolute atomic E-state index is 12.3. The van der Waals surface area contributed by atoms with Crippen LogP contribution in [0.2, 0.25) is 0 Å². The Morgan fingerprint density at radius 2 is 1.90 bits per heavy atom. The van der Waals surface area contributed by atoms with E-state index in [9.17, 15) is 4.79 Å². The molecule has 2 aromatic carbocycles. The summed E-state index contributed by atoms with van der Waals surface area (Å²) in [5, 5.41) is 3.05. The fourth-order valence-electron chi connectivity index (χ4n) is 3.22. The normalized spacial score (nSPS) is 11.7. The van der Waals surface area contributed by atoms with Crippen molar-refractivity contribution >= 4 is 5.91 Å². The number of amides is 1. The zero-order valence-electron chi connectivity index (χ0n) is 17.7. The lowest BCUT2D eigenvalue weighted by molar-refractivity contribution is -0.121. The van der Waals surface area contributed by atoms with Crippen molar-refractivity contribution in [3.05, 3.63) is 66.2 Å². The van der Waals surface area contributed by atoms with Gasteiger partial charge in [-0.1, -0.05) is 30.3 Å². The molecule has 3 rings (SSSR count). The molecule has 1 aromatic heterocycles. The van der Waals surface area contributed by atoms with Crippen LogP contribution in [-0.2, 0) is 17.6 Å². The predicted molar refractivity (Wildman–Crippen MR) is 116 cm³/mol. The van der Waals surface area contributed by atoms with Crippen molar-refractivity contribution in [3.63, 3.8) is 0 Å². The second kappa shape index (κ2) is 10.5. The van der Waals surface area contributed by atoms with E-state index in [1.165, 1.54) is 5.56 Å². The molecule has 1 N–H and O–H groups in total. The highest BCUT2D eigenvalue weighted by molar-refractivity contribution is 5.76. The van der Waals surface area contributed by atoms with Gasteiger partial charge < -0.3 is 19.2 Å². The van der Waals surface area contributed by atoms with Crippen molar-refractivity contribution in [2.45, 2.75) is 38.6 Å². The molecule has 0 radical (unpaired) electrons. The Hall–Kier alpha value is -3.28. The summed E-state index contributed by atoms with van der Waals surface area (Å²) in [4.78, 5) is 16.6. The highest BCUT2D eigenvalue weighted by atomic mass is 16.5. The zero-order valence-corrected chi connectivity index (χ0v) is 17.7. The molecule has 0 aliphatic rings. The summed E-state index contributed by atoms with van der Waals surface area (Å²) in [6.07, 6.45) is 4.26. The van der Waals surface area contributed by atoms with Crippen molar-refractivity contribution in [1.82, 2.24) is 10.3 Å². The molecule has 0 unspecified atom stereocenters. The number of hydrogen-bond acceptors (Lipinski definition) is 5. The number of hydrogen-bond donors (Lipinski definition) is 1. The summed E-state index contributed by atoms with van der Waals surface area (Å²) in [5.74, 6) is 2.46. The highest BCUT2D eigenvalue weighted by Crippen LogP contribution is 2.33. The Bertz CT molecular complexity index is 953. The minimum absolute atomic E-state index is 0.00246. The van der Waals surface area contributed by atoms with Gasteiger partial charge >= 0.3 is 0 Å². The first-order chi connectivity index (χ1) is 14.6. The molecule has 6 heteroatoms. The molecule has 0 saturated carbocycles. The Labute approximate surface area is 177 Å². The van der Waals surface area contributed by atoms with Crippen LogP contribution in [-0.4, -0.2) is 31.2 Å². The van der Waals surface area contributed by atoms with E-state index in [2.05, 4.69) is 22.4 Å². The molecule has 0 bridgehead atoms. The van der Waals surface area contributed by atoms with Gasteiger partial charge in [-0.25, -0.2) is 4.98 Å². The van der Waals surface area contributed by atoms with Gasteiger partial charge in [0.15, 0.2) is 11.7 Å². The predicted octanol–water partition coefficient (Wildman–Crippen LogP) is 4.43. The van der Waals surface area contributed by atoms with E-state index in [1.807, 2.05) is 37.3 Å². The van der Waals surface area contributed by atoms with Gasteiger partial charge in [0.25, 0.3) is 0 Å². The molecule has 0 fully saturated rings. The Morgan fingerprint density at radius 1 is 1.10 bits per heavy atom. The van der Waals surface area contributed by atoms with Crippen LogP contribution in [0, 0.1) is 0 Å². The maximum Gasteiger partial charge on any atom is 0.220 e. The molecule has 30 heavy (non-hydrogen) atoms. The summed E-state index contributed by atoms with van der Waals surface area (Å²) in [6, 6.07) is 15.9. The van der Waals surface area contributed by atoms with E-state index in [1.54, 1.807) is 26.5 Å². The third kappa shape index (κ3) is 5.86. The quantitative estimate of drug-likeness (QED) is 0.537. The van der Waals surface area contributed by atoms with Crippen LogP contribution in [0.1, 0.15) is 31.2 Å². The summed E-state index contributed by atoms with van der Waals surface area (Å²) < 4.78 is 16.5. The number of carbonyl (C=O) groups is 1. The average Bonchev–Trinajstić information content (AvgIpc) is 3.25. The Kier molecular flexibility index (Phi) is 7.49. The van der Waals surface area contributed by atoms with Crippen molar-refractivity contribution < 1.29 is 18.7 Å². The molecule has 0 spiro atoms. The SMILES string of the molecule is COc1ccc(-c2cnc(CCC(=O)N[C@@H](C)CCc3ccccc3)o2)c(OC)c1. The van der Waals surface area contributed by atoms with Crippen LogP contribution in [0.4, 0.5) is 0 Å². The monoisotopic (exact) mass is 408 g/mol.